The van der Waals surface area contributed by atoms with Gasteiger partial charge in [-0.25, -0.2) is 0 Å². The minimum Gasteiger partial charge on any atom is -0.490 e. The van der Waals surface area contributed by atoms with Crippen LogP contribution in [-0.4, -0.2) is 16.8 Å². The second-order valence-corrected chi connectivity index (χ2v) is 9.52. The van der Waals surface area contributed by atoms with Gasteiger partial charge < -0.3 is 9.47 Å². The van der Waals surface area contributed by atoms with Crippen LogP contribution in [0.15, 0.2) is 71.6 Å². The summed E-state index contributed by atoms with van der Waals surface area (Å²) in [5.41, 5.74) is 2.45. The molecule has 1 saturated heterocycles. The van der Waals surface area contributed by atoms with Gasteiger partial charge in [-0.2, -0.15) is 0 Å². The van der Waals surface area contributed by atoms with E-state index in [1.54, 1.807) is 24.3 Å². The molecule has 33 heavy (non-hydrogen) atoms. The van der Waals surface area contributed by atoms with E-state index in [2.05, 4.69) is 0 Å². The van der Waals surface area contributed by atoms with Gasteiger partial charge in [0.05, 0.1) is 27.2 Å². The van der Waals surface area contributed by atoms with Gasteiger partial charge in [0.15, 0.2) is 15.8 Å². The van der Waals surface area contributed by atoms with Gasteiger partial charge in [-0.05, 0) is 54.5 Å². The number of halogens is 2. The highest BCUT2D eigenvalue weighted by Crippen LogP contribution is 2.39. The Balaban J connectivity index is 1.56. The van der Waals surface area contributed by atoms with Crippen molar-refractivity contribution in [1.29, 1.82) is 0 Å². The van der Waals surface area contributed by atoms with E-state index in [-0.39, 0.29) is 5.91 Å². The number of amides is 1. The number of benzene rings is 3. The number of anilines is 1. The van der Waals surface area contributed by atoms with E-state index in [4.69, 9.17) is 44.9 Å². The zero-order valence-electron chi connectivity index (χ0n) is 17.6. The Morgan fingerprint density at radius 2 is 1.76 bits per heavy atom. The molecular weight excluding hydrogens is 497 g/mol. The molecule has 0 unspecified atom stereocenters. The first kappa shape index (κ1) is 23.6. The van der Waals surface area contributed by atoms with Gasteiger partial charge in [0.2, 0.25) is 0 Å². The molecule has 1 aliphatic rings. The molecule has 1 amide bonds. The summed E-state index contributed by atoms with van der Waals surface area (Å²) in [4.78, 5) is 15.0. The molecule has 0 atom stereocenters. The molecular formula is C25H19Cl2NO3S2. The van der Waals surface area contributed by atoms with Crippen LogP contribution in [0.3, 0.4) is 0 Å². The first-order chi connectivity index (χ1) is 16.0. The highest BCUT2D eigenvalue weighted by molar-refractivity contribution is 8.27. The van der Waals surface area contributed by atoms with Crippen LogP contribution >= 0.6 is 47.2 Å². The van der Waals surface area contributed by atoms with E-state index < -0.39 is 0 Å². The maximum Gasteiger partial charge on any atom is 0.270 e. The number of carbonyl (C=O) groups is 1. The molecule has 1 fully saturated rings. The van der Waals surface area contributed by atoms with E-state index in [0.29, 0.717) is 49.7 Å². The average Bonchev–Trinajstić information content (AvgIpc) is 3.09. The lowest BCUT2D eigenvalue weighted by atomic mass is 10.1. The summed E-state index contributed by atoms with van der Waals surface area (Å²) in [5.74, 6) is 1.04. The second kappa shape index (κ2) is 10.6. The molecule has 0 radical (unpaired) electrons. The lowest BCUT2D eigenvalue weighted by Crippen LogP contribution is -2.27. The summed E-state index contributed by atoms with van der Waals surface area (Å²) in [6, 6.07) is 20.5. The van der Waals surface area contributed by atoms with Crippen LogP contribution in [0.25, 0.3) is 6.08 Å². The van der Waals surface area contributed by atoms with Gasteiger partial charge in [-0.15, -0.1) is 0 Å². The van der Waals surface area contributed by atoms with Gasteiger partial charge in [0.25, 0.3) is 5.91 Å². The van der Waals surface area contributed by atoms with Gasteiger partial charge in [0, 0.05) is 0 Å². The third-order valence-electron chi connectivity index (χ3n) is 4.76. The molecule has 0 aliphatic carbocycles. The monoisotopic (exact) mass is 515 g/mol. The molecule has 1 aliphatic heterocycles. The minimum atomic E-state index is -0.217. The summed E-state index contributed by atoms with van der Waals surface area (Å²) in [7, 11) is 0. The molecule has 0 N–H and O–H groups in total. The van der Waals surface area contributed by atoms with Crippen LogP contribution in [0.1, 0.15) is 18.1 Å². The number of carbonyl (C=O) groups excluding carboxylic acids is 1. The number of hydrogen-bond donors (Lipinski definition) is 0. The lowest BCUT2D eigenvalue weighted by molar-refractivity contribution is -0.113. The Bertz CT molecular complexity index is 1230. The van der Waals surface area contributed by atoms with Crippen LogP contribution in [0.4, 0.5) is 5.69 Å². The smallest absolute Gasteiger partial charge is 0.270 e. The number of hydrogen-bond acceptors (Lipinski definition) is 5. The van der Waals surface area contributed by atoms with E-state index in [1.807, 2.05) is 55.5 Å². The molecule has 3 aromatic carbocycles. The number of ether oxygens (including phenoxy) is 2. The molecule has 4 nitrogen and oxygen atoms in total. The minimum absolute atomic E-state index is 0.217. The van der Waals surface area contributed by atoms with Gasteiger partial charge in [-0.1, -0.05) is 83.6 Å². The van der Waals surface area contributed by atoms with E-state index in [9.17, 15) is 4.79 Å². The largest absolute Gasteiger partial charge is 0.490 e. The predicted octanol–water partition coefficient (Wildman–Crippen LogP) is 7.38. The topological polar surface area (TPSA) is 38.8 Å². The van der Waals surface area contributed by atoms with Crippen LogP contribution in [0.5, 0.6) is 11.5 Å². The molecule has 3 aromatic rings. The third-order valence-corrected chi connectivity index (χ3v) is 6.80. The molecule has 0 spiro atoms. The summed E-state index contributed by atoms with van der Waals surface area (Å²) >= 11 is 18.8. The number of thiocarbonyl (C=S) groups is 1. The van der Waals surface area contributed by atoms with E-state index in [0.717, 1.165) is 11.1 Å². The van der Waals surface area contributed by atoms with Crippen molar-refractivity contribution < 1.29 is 14.3 Å². The molecule has 8 heteroatoms. The van der Waals surface area contributed by atoms with Crippen LogP contribution < -0.4 is 14.4 Å². The standard InChI is InChI=1S/C25H19Cl2NO3S2/c1-2-30-22-12-17(8-11-21(22)31-15-16-6-4-3-5-7-16)13-23-24(29)28(25(32)33-23)18-9-10-19(26)20(27)14-18/h3-14H,2,15H2,1H3/b23-13-. The first-order valence-electron chi connectivity index (χ1n) is 10.1. The maximum absolute atomic E-state index is 13.1. The fraction of sp³-hybridized carbons (Fsp3) is 0.120. The normalized spacial score (nSPS) is 14.8. The van der Waals surface area contributed by atoms with Crippen molar-refractivity contribution in [3.8, 4) is 11.5 Å². The Morgan fingerprint density at radius 3 is 2.48 bits per heavy atom. The highest BCUT2D eigenvalue weighted by atomic mass is 35.5. The fourth-order valence-corrected chi connectivity index (χ4v) is 4.79. The summed E-state index contributed by atoms with van der Waals surface area (Å²) in [5, 5.41) is 0.777. The second-order valence-electron chi connectivity index (χ2n) is 7.03. The maximum atomic E-state index is 13.1. The molecule has 4 rings (SSSR count). The van der Waals surface area contributed by atoms with Gasteiger partial charge in [0.1, 0.15) is 6.61 Å². The van der Waals surface area contributed by atoms with Crippen molar-refractivity contribution in [3.63, 3.8) is 0 Å². The quantitative estimate of drug-likeness (QED) is 0.242. The number of thioether (sulfide) groups is 1. The van der Waals surface area contributed by atoms with Gasteiger partial charge >= 0.3 is 0 Å². The number of rotatable bonds is 7. The molecule has 1 heterocycles. The zero-order valence-corrected chi connectivity index (χ0v) is 20.7. The highest BCUT2D eigenvalue weighted by Gasteiger charge is 2.33. The fourth-order valence-electron chi connectivity index (χ4n) is 3.20. The van der Waals surface area contributed by atoms with E-state index in [1.165, 1.54) is 16.7 Å². The Labute approximate surface area is 212 Å². The Hall–Kier alpha value is -2.51. The van der Waals surface area contributed by atoms with Crippen molar-refractivity contribution in [3.05, 3.63) is 92.8 Å². The van der Waals surface area contributed by atoms with Crippen LogP contribution in [0, 0.1) is 0 Å². The summed E-state index contributed by atoms with van der Waals surface area (Å²) < 4.78 is 12.2. The van der Waals surface area contributed by atoms with Crippen molar-refractivity contribution in [2.24, 2.45) is 0 Å². The SMILES string of the molecule is CCOc1cc(/C=C2\SC(=S)N(c3ccc(Cl)c(Cl)c3)C2=O)ccc1OCc1ccccc1. The van der Waals surface area contributed by atoms with E-state index >= 15 is 0 Å². The summed E-state index contributed by atoms with van der Waals surface area (Å²) in [6.45, 7) is 2.84. The zero-order chi connectivity index (χ0) is 23.4. The molecule has 0 aromatic heterocycles. The lowest BCUT2D eigenvalue weighted by Gasteiger charge is -2.15. The van der Waals surface area contributed by atoms with Crippen molar-refractivity contribution >= 4 is 69.2 Å². The van der Waals surface area contributed by atoms with Gasteiger partial charge in [-0.3, -0.25) is 9.69 Å². The molecule has 0 bridgehead atoms. The predicted molar refractivity (Wildman–Crippen MR) is 140 cm³/mol. The van der Waals surface area contributed by atoms with Crippen molar-refractivity contribution in [2.45, 2.75) is 13.5 Å². The molecule has 168 valence electrons. The first-order valence-corrected chi connectivity index (χ1v) is 12.1. The van der Waals surface area contributed by atoms with Crippen LogP contribution in [0.2, 0.25) is 10.0 Å². The van der Waals surface area contributed by atoms with Crippen molar-refractivity contribution in [2.75, 3.05) is 11.5 Å². The van der Waals surface area contributed by atoms with Crippen molar-refractivity contribution in [1.82, 2.24) is 0 Å². The molecule has 0 saturated carbocycles. The average molecular weight is 516 g/mol. The van der Waals surface area contributed by atoms with Crippen LogP contribution in [-0.2, 0) is 11.4 Å². The Kier molecular flexibility index (Phi) is 7.60. The Morgan fingerprint density at radius 1 is 0.970 bits per heavy atom. The number of nitrogens with zero attached hydrogens (tertiary/aromatic N) is 1. The summed E-state index contributed by atoms with van der Waals surface area (Å²) in [6.07, 6.45) is 1.79. The third kappa shape index (κ3) is 5.53.